The predicted octanol–water partition coefficient (Wildman–Crippen LogP) is 9.82. The lowest BCUT2D eigenvalue weighted by Crippen LogP contribution is -2.18. The van der Waals surface area contributed by atoms with Gasteiger partial charge in [0.15, 0.2) is 0 Å². The van der Waals surface area contributed by atoms with Crippen molar-refractivity contribution in [2.75, 3.05) is 5.75 Å². The molecule has 4 aromatic rings. The molecule has 2 nitrogen and oxygen atoms in total. The summed E-state index contributed by atoms with van der Waals surface area (Å²) in [7, 11) is 0. The zero-order valence-electron chi connectivity index (χ0n) is 21.1. The number of aliphatic hydroxyl groups is 1. The molecule has 0 aliphatic heterocycles. The first-order valence-corrected chi connectivity index (χ1v) is 15.3. The number of hydrogen-bond donors (Lipinski definition) is 1. The highest BCUT2D eigenvalue weighted by Gasteiger charge is 2.25. The highest BCUT2D eigenvalue weighted by atomic mass is 35.5. The molecule has 37 heavy (non-hydrogen) atoms. The van der Waals surface area contributed by atoms with Crippen molar-refractivity contribution in [3.63, 3.8) is 0 Å². The minimum Gasteiger partial charge on any atom is -0.386 e. The Labute approximate surface area is 237 Å². The van der Waals surface area contributed by atoms with E-state index in [0.29, 0.717) is 14.6 Å². The Bertz CT molecular complexity index is 1420. The van der Waals surface area contributed by atoms with Gasteiger partial charge in [-0.1, -0.05) is 77.8 Å². The highest BCUT2D eigenvalue weighted by molar-refractivity contribution is 7.99. The fraction of sp³-hybridized carbons (Fsp3) is 0.323. The molecular weight excluding hydrogens is 537 g/mol. The normalized spacial score (nSPS) is 15.1. The molecule has 1 aliphatic rings. The van der Waals surface area contributed by atoms with Crippen LogP contribution in [0.1, 0.15) is 66.3 Å². The lowest BCUT2D eigenvalue weighted by Gasteiger charge is -2.23. The average Bonchev–Trinajstić information content (AvgIpc) is 3.67. The largest absolute Gasteiger partial charge is 0.386 e. The number of hydrogen-bond acceptors (Lipinski definition) is 4. The Hall–Kier alpha value is -1.82. The Balaban J connectivity index is 1.35. The Morgan fingerprint density at radius 2 is 1.89 bits per heavy atom. The first-order valence-electron chi connectivity index (χ1n) is 12.7. The second-order valence-corrected chi connectivity index (χ2v) is 13.6. The molecule has 192 valence electrons. The maximum atomic E-state index is 10.7. The summed E-state index contributed by atoms with van der Waals surface area (Å²) in [5.41, 5.74) is 5.54. The second-order valence-electron chi connectivity index (χ2n) is 10.3. The third kappa shape index (κ3) is 6.79. The highest BCUT2D eigenvalue weighted by Crippen LogP contribution is 2.41. The number of aryl methyl sites for hydroxylation is 1. The van der Waals surface area contributed by atoms with Gasteiger partial charge < -0.3 is 5.11 Å². The van der Waals surface area contributed by atoms with Gasteiger partial charge in [-0.05, 0) is 91.7 Å². The molecule has 1 aliphatic carbocycles. The summed E-state index contributed by atoms with van der Waals surface area (Å²) in [5, 5.41) is 11.6. The van der Waals surface area contributed by atoms with E-state index in [9.17, 15) is 5.11 Å². The molecule has 1 atom stereocenters. The van der Waals surface area contributed by atoms with Crippen molar-refractivity contribution >= 4 is 68.7 Å². The fourth-order valence-corrected chi connectivity index (χ4v) is 7.45. The van der Waals surface area contributed by atoms with E-state index < -0.39 is 5.60 Å². The summed E-state index contributed by atoms with van der Waals surface area (Å²) in [4.78, 5) is 4.70. The van der Waals surface area contributed by atoms with Gasteiger partial charge >= 0.3 is 0 Å². The maximum Gasteiger partial charge on any atom is 0.114 e. The van der Waals surface area contributed by atoms with Crippen molar-refractivity contribution in [3.8, 4) is 0 Å². The lowest BCUT2D eigenvalue weighted by molar-refractivity contribution is 0.0776. The zero-order valence-corrected chi connectivity index (χ0v) is 24.2. The number of benzene rings is 2. The average molecular weight is 569 g/mol. The first-order chi connectivity index (χ1) is 17.8. The molecule has 0 bridgehead atoms. The van der Waals surface area contributed by atoms with Crippen LogP contribution in [0.25, 0.3) is 22.4 Å². The summed E-state index contributed by atoms with van der Waals surface area (Å²) >= 11 is 16.0. The maximum absolute atomic E-state index is 10.7. The van der Waals surface area contributed by atoms with E-state index in [-0.39, 0.29) is 0 Å². The number of thioether (sulfide) groups is 1. The van der Waals surface area contributed by atoms with Crippen molar-refractivity contribution < 1.29 is 5.11 Å². The molecule has 1 fully saturated rings. The van der Waals surface area contributed by atoms with Crippen LogP contribution in [0, 0.1) is 5.92 Å². The van der Waals surface area contributed by atoms with Crippen molar-refractivity contribution in [2.24, 2.45) is 5.92 Å². The SMILES string of the molecule is CC(C)(O)c1ccccc1CC[C@@H](SCC1CC1)c1cccc(/C=C/c2ccc3sc(Cl)c(Cl)c3n2)c1. The van der Waals surface area contributed by atoms with Gasteiger partial charge in [-0.3, -0.25) is 0 Å². The third-order valence-electron chi connectivity index (χ3n) is 6.77. The summed E-state index contributed by atoms with van der Waals surface area (Å²) in [5.74, 6) is 2.09. The molecule has 0 radical (unpaired) electrons. The summed E-state index contributed by atoms with van der Waals surface area (Å²) in [6.45, 7) is 3.74. The molecule has 0 amide bonds. The van der Waals surface area contributed by atoms with Gasteiger partial charge in [0, 0.05) is 5.25 Å². The van der Waals surface area contributed by atoms with Gasteiger partial charge in [-0.2, -0.15) is 11.8 Å². The van der Waals surface area contributed by atoms with Crippen LogP contribution in [0.5, 0.6) is 0 Å². The quantitative estimate of drug-likeness (QED) is 0.207. The summed E-state index contributed by atoms with van der Waals surface area (Å²) < 4.78 is 1.58. The molecule has 2 aromatic carbocycles. The molecule has 6 heteroatoms. The van der Waals surface area contributed by atoms with Crippen molar-refractivity contribution in [3.05, 3.63) is 98.0 Å². The molecule has 1 saturated carbocycles. The van der Waals surface area contributed by atoms with Crippen molar-refractivity contribution in [1.29, 1.82) is 0 Å². The van der Waals surface area contributed by atoms with E-state index in [1.54, 1.807) is 0 Å². The van der Waals surface area contributed by atoms with E-state index in [1.807, 2.05) is 38.1 Å². The van der Waals surface area contributed by atoms with Crippen LogP contribution in [-0.4, -0.2) is 15.8 Å². The molecular formula is C31H31Cl2NOS2. The van der Waals surface area contributed by atoms with Crippen LogP contribution in [0.15, 0.2) is 60.7 Å². The van der Waals surface area contributed by atoms with Crippen LogP contribution in [0.4, 0.5) is 0 Å². The van der Waals surface area contributed by atoms with Crippen LogP contribution in [-0.2, 0) is 12.0 Å². The van der Waals surface area contributed by atoms with Gasteiger partial charge in [0.1, 0.15) is 9.85 Å². The van der Waals surface area contributed by atoms with Gasteiger partial charge in [0.2, 0.25) is 0 Å². The standard InChI is InChI=1S/C31H31Cl2NOS2/c1-31(2,35)25-9-4-3-7-22(25)13-16-26(36-19-21-10-11-21)23-8-5-6-20(18-23)12-14-24-15-17-27-29(34-24)28(32)30(33)37-27/h3-9,12,14-15,17-18,21,26,35H,10-11,13,16,19H2,1-2H3/b14-12+/t26-/m1/s1. The lowest BCUT2D eigenvalue weighted by atomic mass is 9.90. The number of thiophene rings is 1. The van der Waals surface area contributed by atoms with Gasteiger partial charge in [0.05, 0.1) is 21.0 Å². The summed E-state index contributed by atoms with van der Waals surface area (Å²) in [6, 6.07) is 21.2. The van der Waals surface area contributed by atoms with Crippen molar-refractivity contribution in [2.45, 2.75) is 50.4 Å². The van der Waals surface area contributed by atoms with E-state index >= 15 is 0 Å². The van der Waals surface area contributed by atoms with Crippen LogP contribution in [0.2, 0.25) is 9.36 Å². The van der Waals surface area contributed by atoms with E-state index in [4.69, 9.17) is 28.2 Å². The van der Waals surface area contributed by atoms with Crippen LogP contribution >= 0.6 is 46.3 Å². The summed E-state index contributed by atoms with van der Waals surface area (Å²) in [6.07, 6.45) is 8.85. The molecule has 0 saturated heterocycles. The van der Waals surface area contributed by atoms with Crippen LogP contribution in [0.3, 0.4) is 0 Å². The number of pyridine rings is 1. The van der Waals surface area contributed by atoms with E-state index in [0.717, 1.165) is 45.8 Å². The molecule has 2 aromatic heterocycles. The minimum atomic E-state index is -0.840. The molecule has 0 unspecified atom stereocenters. The van der Waals surface area contributed by atoms with Gasteiger partial charge in [0.25, 0.3) is 0 Å². The first kappa shape index (κ1) is 26.8. The number of aromatic nitrogens is 1. The smallest absolute Gasteiger partial charge is 0.114 e. The second kappa shape index (κ2) is 11.5. The molecule has 0 spiro atoms. The Kier molecular flexibility index (Phi) is 8.33. The number of rotatable bonds is 10. The molecule has 2 heterocycles. The van der Waals surface area contributed by atoms with E-state index in [2.05, 4.69) is 60.3 Å². The Morgan fingerprint density at radius 3 is 2.68 bits per heavy atom. The van der Waals surface area contributed by atoms with Gasteiger partial charge in [-0.15, -0.1) is 11.3 Å². The van der Waals surface area contributed by atoms with Gasteiger partial charge in [-0.25, -0.2) is 4.98 Å². The van der Waals surface area contributed by atoms with E-state index in [1.165, 1.54) is 41.1 Å². The third-order valence-corrected chi connectivity index (χ3v) is 10.3. The number of fused-ring (bicyclic) bond motifs is 1. The minimum absolute atomic E-state index is 0.407. The predicted molar refractivity (Wildman–Crippen MR) is 163 cm³/mol. The topological polar surface area (TPSA) is 33.1 Å². The van der Waals surface area contributed by atoms with Crippen LogP contribution < -0.4 is 0 Å². The fourth-order valence-electron chi connectivity index (χ4n) is 4.58. The Morgan fingerprint density at radius 1 is 1.08 bits per heavy atom. The monoisotopic (exact) mass is 567 g/mol. The van der Waals surface area contributed by atoms with Crippen molar-refractivity contribution in [1.82, 2.24) is 4.98 Å². The zero-order chi connectivity index (χ0) is 26.0. The molecule has 5 rings (SSSR count). The number of nitrogens with zero attached hydrogens (tertiary/aromatic N) is 1. The number of halogens is 2. The molecule has 1 N–H and O–H groups in total.